The van der Waals surface area contributed by atoms with Crippen molar-refractivity contribution in [1.29, 1.82) is 0 Å². The first-order chi connectivity index (χ1) is 10.9. The predicted molar refractivity (Wildman–Crippen MR) is 98.8 cm³/mol. The number of nitrogens with two attached hydrogens (primary N) is 1. The van der Waals surface area contributed by atoms with Gasteiger partial charge in [-0.3, -0.25) is 4.99 Å². The maximum atomic E-state index is 6.03. The minimum absolute atomic E-state index is 0.368. The summed E-state index contributed by atoms with van der Waals surface area (Å²) in [6.45, 7) is 5.13. The molecule has 0 bridgehead atoms. The van der Waals surface area contributed by atoms with Crippen LogP contribution in [0.5, 0.6) is 0 Å². The van der Waals surface area contributed by atoms with Gasteiger partial charge in [0.05, 0.1) is 16.6 Å². The number of anilines is 2. The smallest absolute Gasteiger partial charge is 0.193 e. The van der Waals surface area contributed by atoms with Crippen LogP contribution >= 0.6 is 23.2 Å². The SMILES string of the molecule is Cc1cc(C)cc(NC(N)=NCCNc2ncc(Cl)cc2Cl)c1. The second-order valence-electron chi connectivity index (χ2n) is 5.18. The van der Waals surface area contributed by atoms with Crippen molar-refractivity contribution in [3.63, 3.8) is 0 Å². The van der Waals surface area contributed by atoms with Crippen LogP contribution in [0, 0.1) is 13.8 Å². The Kier molecular flexibility index (Phi) is 6.07. The molecule has 1 heterocycles. The lowest BCUT2D eigenvalue weighted by Gasteiger charge is -2.09. The van der Waals surface area contributed by atoms with Gasteiger partial charge in [-0.15, -0.1) is 0 Å². The van der Waals surface area contributed by atoms with Gasteiger partial charge in [-0.1, -0.05) is 29.3 Å². The molecule has 0 amide bonds. The van der Waals surface area contributed by atoms with Crippen LogP contribution in [0.15, 0.2) is 35.5 Å². The maximum Gasteiger partial charge on any atom is 0.193 e. The van der Waals surface area contributed by atoms with Gasteiger partial charge in [0, 0.05) is 18.4 Å². The summed E-state index contributed by atoms with van der Waals surface area (Å²) in [5.41, 5.74) is 9.16. The highest BCUT2D eigenvalue weighted by Crippen LogP contribution is 2.22. The Balaban J connectivity index is 1.85. The summed E-state index contributed by atoms with van der Waals surface area (Å²) in [5.74, 6) is 0.944. The third kappa shape index (κ3) is 5.62. The molecule has 1 aromatic carbocycles. The molecule has 0 fully saturated rings. The zero-order valence-electron chi connectivity index (χ0n) is 13.0. The summed E-state index contributed by atoms with van der Waals surface area (Å²) in [6, 6.07) is 7.78. The van der Waals surface area contributed by atoms with Gasteiger partial charge in [0.25, 0.3) is 0 Å². The van der Waals surface area contributed by atoms with E-state index in [1.807, 2.05) is 26.0 Å². The Bertz CT molecular complexity index is 695. The van der Waals surface area contributed by atoms with Crippen molar-refractivity contribution < 1.29 is 0 Å². The molecule has 0 saturated heterocycles. The Labute approximate surface area is 145 Å². The van der Waals surface area contributed by atoms with E-state index in [0.29, 0.717) is 34.9 Å². The van der Waals surface area contributed by atoms with Crippen LogP contribution in [0.4, 0.5) is 11.5 Å². The molecule has 4 N–H and O–H groups in total. The first kappa shape index (κ1) is 17.4. The van der Waals surface area contributed by atoms with E-state index in [1.54, 1.807) is 6.07 Å². The fourth-order valence-electron chi connectivity index (χ4n) is 2.13. The number of nitrogens with one attached hydrogen (secondary N) is 2. The number of hydrogen-bond donors (Lipinski definition) is 3. The second kappa shape index (κ2) is 8.04. The van der Waals surface area contributed by atoms with Crippen molar-refractivity contribution in [3.05, 3.63) is 51.6 Å². The second-order valence-corrected chi connectivity index (χ2v) is 6.02. The number of benzene rings is 1. The topological polar surface area (TPSA) is 75.3 Å². The van der Waals surface area contributed by atoms with Gasteiger partial charge < -0.3 is 16.4 Å². The number of rotatable bonds is 5. The van der Waals surface area contributed by atoms with Crippen LogP contribution in [0.2, 0.25) is 10.0 Å². The monoisotopic (exact) mass is 351 g/mol. The third-order valence-electron chi connectivity index (χ3n) is 2.99. The summed E-state index contributed by atoms with van der Waals surface area (Å²) < 4.78 is 0. The number of aliphatic imine (C=N–C) groups is 1. The molecule has 122 valence electrons. The van der Waals surface area contributed by atoms with E-state index in [9.17, 15) is 0 Å². The number of guanidine groups is 1. The highest BCUT2D eigenvalue weighted by molar-refractivity contribution is 6.35. The standard InChI is InChI=1S/C16H19Cl2N5/c1-10-5-11(2)7-13(6-10)23-16(19)21-4-3-20-15-14(18)8-12(17)9-22-15/h5-9H,3-4H2,1-2H3,(H,20,22)(H3,19,21,23). The minimum Gasteiger partial charge on any atom is -0.370 e. The van der Waals surface area contributed by atoms with Gasteiger partial charge in [-0.25, -0.2) is 4.98 Å². The van der Waals surface area contributed by atoms with Crippen molar-refractivity contribution in [2.75, 3.05) is 23.7 Å². The zero-order chi connectivity index (χ0) is 16.8. The molecule has 2 rings (SSSR count). The molecule has 0 aliphatic heterocycles. The minimum atomic E-state index is 0.368. The number of hydrogen-bond acceptors (Lipinski definition) is 3. The molecule has 0 radical (unpaired) electrons. The molecular formula is C16H19Cl2N5. The fourth-order valence-corrected chi connectivity index (χ4v) is 2.58. The van der Waals surface area contributed by atoms with E-state index < -0.39 is 0 Å². The first-order valence-electron chi connectivity index (χ1n) is 7.14. The Morgan fingerprint density at radius 2 is 1.87 bits per heavy atom. The normalized spacial score (nSPS) is 11.4. The van der Waals surface area contributed by atoms with Crippen LogP contribution in [0.1, 0.15) is 11.1 Å². The lowest BCUT2D eigenvalue weighted by molar-refractivity contribution is 1.01. The molecule has 2 aromatic rings. The summed E-state index contributed by atoms with van der Waals surface area (Å²) in [5, 5.41) is 7.14. The first-order valence-corrected chi connectivity index (χ1v) is 7.90. The van der Waals surface area contributed by atoms with Crippen molar-refractivity contribution in [2.24, 2.45) is 10.7 Å². The number of pyridine rings is 1. The summed E-state index contributed by atoms with van der Waals surface area (Å²) >= 11 is 11.8. The van der Waals surface area contributed by atoms with Crippen LogP contribution < -0.4 is 16.4 Å². The van der Waals surface area contributed by atoms with Crippen LogP contribution in [0.3, 0.4) is 0 Å². The van der Waals surface area contributed by atoms with Crippen LogP contribution in [-0.2, 0) is 0 Å². The maximum absolute atomic E-state index is 6.03. The van der Waals surface area contributed by atoms with Gasteiger partial charge in [-0.2, -0.15) is 0 Å². The van der Waals surface area contributed by atoms with E-state index in [0.717, 1.165) is 5.69 Å². The molecule has 5 nitrogen and oxygen atoms in total. The van der Waals surface area contributed by atoms with E-state index in [2.05, 4.69) is 26.7 Å². The number of nitrogens with zero attached hydrogens (tertiary/aromatic N) is 2. The van der Waals surface area contributed by atoms with Gasteiger partial charge in [-0.05, 0) is 43.2 Å². The number of aryl methyl sites for hydroxylation is 2. The molecule has 0 atom stereocenters. The molecule has 0 unspecified atom stereocenters. The van der Waals surface area contributed by atoms with Crippen molar-refractivity contribution in [1.82, 2.24) is 4.98 Å². The van der Waals surface area contributed by atoms with Gasteiger partial charge in [0.15, 0.2) is 5.96 Å². The van der Waals surface area contributed by atoms with Crippen molar-refractivity contribution >= 4 is 40.7 Å². The Hall–Kier alpha value is -1.98. The summed E-state index contributed by atoms with van der Waals surface area (Å²) in [4.78, 5) is 8.38. The van der Waals surface area contributed by atoms with Crippen molar-refractivity contribution in [2.45, 2.75) is 13.8 Å². The quantitative estimate of drug-likeness (QED) is 0.434. The van der Waals surface area contributed by atoms with E-state index >= 15 is 0 Å². The third-order valence-corrected chi connectivity index (χ3v) is 3.48. The van der Waals surface area contributed by atoms with Crippen molar-refractivity contribution in [3.8, 4) is 0 Å². The molecule has 1 aromatic heterocycles. The van der Waals surface area contributed by atoms with Gasteiger partial charge >= 0.3 is 0 Å². The summed E-state index contributed by atoms with van der Waals surface area (Å²) in [7, 11) is 0. The molecule has 0 aliphatic rings. The zero-order valence-corrected chi connectivity index (χ0v) is 14.5. The lowest BCUT2D eigenvalue weighted by Crippen LogP contribution is -2.24. The molecular weight excluding hydrogens is 333 g/mol. The molecule has 23 heavy (non-hydrogen) atoms. The molecule has 0 saturated carbocycles. The largest absolute Gasteiger partial charge is 0.370 e. The molecule has 0 aliphatic carbocycles. The number of aromatic nitrogens is 1. The number of halogens is 2. The lowest BCUT2D eigenvalue weighted by atomic mass is 10.1. The molecule has 7 heteroatoms. The van der Waals surface area contributed by atoms with Gasteiger partial charge in [0.1, 0.15) is 5.82 Å². The van der Waals surface area contributed by atoms with E-state index in [1.165, 1.54) is 17.3 Å². The van der Waals surface area contributed by atoms with E-state index in [-0.39, 0.29) is 0 Å². The fraction of sp³-hybridized carbons (Fsp3) is 0.250. The highest BCUT2D eigenvalue weighted by atomic mass is 35.5. The van der Waals surface area contributed by atoms with Gasteiger partial charge in [0.2, 0.25) is 0 Å². The summed E-state index contributed by atoms with van der Waals surface area (Å²) in [6.07, 6.45) is 1.54. The Morgan fingerprint density at radius 1 is 1.17 bits per heavy atom. The van der Waals surface area contributed by atoms with E-state index in [4.69, 9.17) is 28.9 Å². The predicted octanol–water partition coefficient (Wildman–Crippen LogP) is 3.84. The molecule has 0 spiro atoms. The van der Waals surface area contributed by atoms with Crippen LogP contribution in [0.25, 0.3) is 0 Å². The highest BCUT2D eigenvalue weighted by Gasteiger charge is 2.02. The van der Waals surface area contributed by atoms with Crippen LogP contribution in [-0.4, -0.2) is 24.0 Å². The average molecular weight is 352 g/mol. The average Bonchev–Trinajstić information content (AvgIpc) is 2.44. The Morgan fingerprint density at radius 3 is 2.52 bits per heavy atom.